The second kappa shape index (κ2) is 5.01. The van der Waals surface area contributed by atoms with Gasteiger partial charge in [0.15, 0.2) is 5.16 Å². The first-order valence-corrected chi connectivity index (χ1v) is 6.45. The summed E-state index contributed by atoms with van der Waals surface area (Å²) in [6.07, 6.45) is 5.39. The Balaban J connectivity index is 2.08. The van der Waals surface area contributed by atoms with Crippen molar-refractivity contribution in [2.45, 2.75) is 49.1 Å². The van der Waals surface area contributed by atoms with E-state index in [0.29, 0.717) is 10.7 Å². The number of aromatic nitrogens is 2. The minimum atomic E-state index is -0.273. The lowest BCUT2D eigenvalue weighted by atomic mass is 9.97. The zero-order valence-corrected chi connectivity index (χ0v) is 10.1. The molecule has 5 heteroatoms. The van der Waals surface area contributed by atoms with E-state index in [4.69, 9.17) is 0 Å². The highest BCUT2D eigenvalue weighted by Gasteiger charge is 2.24. The number of aliphatic hydroxyl groups is 1. The summed E-state index contributed by atoms with van der Waals surface area (Å²) in [5, 5.41) is 10.6. The number of thioether (sulfide) groups is 1. The monoisotopic (exact) mass is 240 g/mol. The largest absolute Gasteiger partial charge is 0.392 e. The van der Waals surface area contributed by atoms with Crippen LogP contribution in [-0.2, 0) is 0 Å². The third-order valence-electron chi connectivity index (χ3n) is 2.88. The van der Waals surface area contributed by atoms with E-state index in [-0.39, 0.29) is 16.9 Å². The van der Waals surface area contributed by atoms with Crippen LogP contribution in [0.5, 0.6) is 0 Å². The zero-order valence-electron chi connectivity index (χ0n) is 9.27. The summed E-state index contributed by atoms with van der Waals surface area (Å²) in [4.78, 5) is 18.3. The number of aromatic amines is 1. The van der Waals surface area contributed by atoms with Gasteiger partial charge in [-0.2, -0.15) is 0 Å². The van der Waals surface area contributed by atoms with Crippen LogP contribution in [0.15, 0.2) is 16.1 Å². The van der Waals surface area contributed by atoms with E-state index in [2.05, 4.69) is 9.97 Å². The smallest absolute Gasteiger partial charge is 0.254 e. The van der Waals surface area contributed by atoms with Gasteiger partial charge in [0.1, 0.15) is 0 Å². The standard InChI is InChI=1S/C11H16N2O2S/c1-7-6-12-11(13-10(7)15)16-9-5-3-2-4-8(9)14/h6,8-9,14H,2-5H2,1H3,(H,12,13,15)/t8-,9-/m0/s1. The molecule has 2 N–H and O–H groups in total. The predicted molar refractivity (Wildman–Crippen MR) is 63.7 cm³/mol. The lowest BCUT2D eigenvalue weighted by Crippen LogP contribution is -2.27. The van der Waals surface area contributed by atoms with Crippen molar-refractivity contribution in [1.82, 2.24) is 9.97 Å². The van der Waals surface area contributed by atoms with Crippen LogP contribution in [0.2, 0.25) is 0 Å². The number of nitrogens with one attached hydrogen (secondary N) is 1. The first-order valence-electron chi connectivity index (χ1n) is 5.57. The molecule has 0 bridgehead atoms. The second-order valence-electron chi connectivity index (χ2n) is 4.21. The molecule has 1 aliphatic carbocycles. The van der Waals surface area contributed by atoms with Crippen molar-refractivity contribution in [3.05, 3.63) is 22.1 Å². The summed E-state index contributed by atoms with van der Waals surface area (Å²) in [7, 11) is 0. The zero-order chi connectivity index (χ0) is 11.5. The van der Waals surface area contributed by atoms with E-state index < -0.39 is 0 Å². The van der Waals surface area contributed by atoms with Crippen molar-refractivity contribution in [1.29, 1.82) is 0 Å². The summed E-state index contributed by atoms with van der Waals surface area (Å²) < 4.78 is 0. The molecule has 0 spiro atoms. The first-order chi connectivity index (χ1) is 7.66. The Labute approximate surface area is 98.5 Å². The summed E-state index contributed by atoms with van der Waals surface area (Å²) in [6, 6.07) is 0. The van der Waals surface area contributed by atoms with Crippen LogP contribution in [0.4, 0.5) is 0 Å². The van der Waals surface area contributed by atoms with E-state index in [0.717, 1.165) is 25.7 Å². The molecule has 4 nitrogen and oxygen atoms in total. The topological polar surface area (TPSA) is 66.0 Å². The van der Waals surface area contributed by atoms with E-state index in [1.165, 1.54) is 11.8 Å². The van der Waals surface area contributed by atoms with E-state index >= 15 is 0 Å². The summed E-state index contributed by atoms with van der Waals surface area (Å²) in [5.41, 5.74) is 0.524. The highest BCUT2D eigenvalue weighted by molar-refractivity contribution is 7.99. The fourth-order valence-corrected chi connectivity index (χ4v) is 2.99. The number of aliphatic hydroxyl groups excluding tert-OH is 1. The second-order valence-corrected chi connectivity index (χ2v) is 5.44. The highest BCUT2D eigenvalue weighted by atomic mass is 32.2. The number of hydrogen-bond donors (Lipinski definition) is 2. The number of rotatable bonds is 2. The van der Waals surface area contributed by atoms with Crippen molar-refractivity contribution in [2.75, 3.05) is 0 Å². The lowest BCUT2D eigenvalue weighted by molar-refractivity contribution is 0.137. The number of nitrogens with zero attached hydrogens (tertiary/aromatic N) is 1. The van der Waals surface area contributed by atoms with Gasteiger partial charge in [-0.05, 0) is 19.8 Å². The average Bonchev–Trinajstić information content (AvgIpc) is 2.27. The molecule has 0 aliphatic heterocycles. The van der Waals surface area contributed by atoms with E-state index in [1.807, 2.05) is 0 Å². The Morgan fingerprint density at radius 3 is 2.94 bits per heavy atom. The molecule has 88 valence electrons. The molecule has 1 aromatic rings. The molecule has 16 heavy (non-hydrogen) atoms. The normalized spacial score (nSPS) is 25.6. The molecule has 1 saturated carbocycles. The molecular formula is C11H16N2O2S. The van der Waals surface area contributed by atoms with Crippen LogP contribution >= 0.6 is 11.8 Å². The van der Waals surface area contributed by atoms with Crippen LogP contribution in [0.1, 0.15) is 31.2 Å². The molecule has 0 radical (unpaired) electrons. The SMILES string of the molecule is Cc1cnc(S[C@H]2CCCC[C@@H]2O)[nH]c1=O. The Hall–Kier alpha value is -0.810. The van der Waals surface area contributed by atoms with Gasteiger partial charge in [0.05, 0.1) is 6.10 Å². The third-order valence-corrected chi connectivity index (χ3v) is 4.17. The fraction of sp³-hybridized carbons (Fsp3) is 0.636. The van der Waals surface area contributed by atoms with Crippen LogP contribution in [0, 0.1) is 6.92 Å². The van der Waals surface area contributed by atoms with Gasteiger partial charge in [-0.25, -0.2) is 4.98 Å². The maximum atomic E-state index is 11.4. The van der Waals surface area contributed by atoms with Gasteiger partial charge < -0.3 is 10.1 Å². The minimum Gasteiger partial charge on any atom is -0.392 e. The number of H-pyrrole nitrogens is 1. The number of hydrogen-bond acceptors (Lipinski definition) is 4. The van der Waals surface area contributed by atoms with Gasteiger partial charge >= 0.3 is 0 Å². The quantitative estimate of drug-likeness (QED) is 0.768. The van der Waals surface area contributed by atoms with Crippen molar-refractivity contribution < 1.29 is 5.11 Å². The van der Waals surface area contributed by atoms with E-state index in [9.17, 15) is 9.90 Å². The predicted octanol–water partition coefficient (Wildman–Crippen LogP) is 1.47. The lowest BCUT2D eigenvalue weighted by Gasteiger charge is -2.26. The molecular weight excluding hydrogens is 224 g/mol. The summed E-state index contributed by atoms with van der Waals surface area (Å²) >= 11 is 1.48. The first kappa shape index (κ1) is 11.7. The fourth-order valence-electron chi connectivity index (χ4n) is 1.86. The van der Waals surface area contributed by atoms with Gasteiger partial charge in [0.25, 0.3) is 5.56 Å². The molecule has 2 atom stereocenters. The van der Waals surface area contributed by atoms with Gasteiger partial charge in [0, 0.05) is 17.0 Å². The van der Waals surface area contributed by atoms with Crippen LogP contribution in [-0.4, -0.2) is 26.4 Å². The van der Waals surface area contributed by atoms with Crippen molar-refractivity contribution >= 4 is 11.8 Å². The average molecular weight is 240 g/mol. The maximum Gasteiger partial charge on any atom is 0.254 e. The molecule has 0 amide bonds. The van der Waals surface area contributed by atoms with Crippen LogP contribution in [0.25, 0.3) is 0 Å². The Morgan fingerprint density at radius 2 is 2.25 bits per heavy atom. The molecule has 0 saturated heterocycles. The van der Waals surface area contributed by atoms with Gasteiger partial charge in [-0.1, -0.05) is 24.6 Å². The van der Waals surface area contributed by atoms with Crippen LogP contribution < -0.4 is 5.56 Å². The van der Waals surface area contributed by atoms with Crippen molar-refractivity contribution in [3.63, 3.8) is 0 Å². The van der Waals surface area contributed by atoms with E-state index in [1.54, 1.807) is 13.1 Å². The van der Waals surface area contributed by atoms with Gasteiger partial charge in [-0.3, -0.25) is 4.79 Å². The summed E-state index contributed by atoms with van der Waals surface area (Å²) in [6.45, 7) is 1.73. The third kappa shape index (κ3) is 2.65. The number of aryl methyl sites for hydroxylation is 1. The molecule has 1 heterocycles. The molecule has 1 aliphatic rings. The maximum absolute atomic E-state index is 11.4. The molecule has 0 aromatic carbocycles. The van der Waals surface area contributed by atoms with Gasteiger partial charge in [0.2, 0.25) is 0 Å². The van der Waals surface area contributed by atoms with Gasteiger partial charge in [-0.15, -0.1) is 0 Å². The van der Waals surface area contributed by atoms with Crippen molar-refractivity contribution in [3.8, 4) is 0 Å². The van der Waals surface area contributed by atoms with Crippen LogP contribution in [0.3, 0.4) is 0 Å². The Morgan fingerprint density at radius 1 is 1.50 bits per heavy atom. The molecule has 1 fully saturated rings. The molecule has 2 rings (SSSR count). The highest BCUT2D eigenvalue weighted by Crippen LogP contribution is 2.31. The Bertz CT molecular complexity index is 419. The van der Waals surface area contributed by atoms with Crippen molar-refractivity contribution in [2.24, 2.45) is 0 Å². The summed E-state index contributed by atoms with van der Waals surface area (Å²) in [5.74, 6) is 0. The molecule has 0 unspecified atom stereocenters. The minimum absolute atomic E-state index is 0.0946. The Kier molecular flexibility index (Phi) is 3.66. The molecule has 1 aromatic heterocycles.